The number of aromatic hydroxyl groups is 1. The van der Waals surface area contributed by atoms with Gasteiger partial charge >= 0.3 is 5.69 Å². The first-order valence-electron chi connectivity index (χ1n) is 14.2. The molecule has 3 heterocycles. The summed E-state index contributed by atoms with van der Waals surface area (Å²) in [6.45, 7) is 0.0184. The summed E-state index contributed by atoms with van der Waals surface area (Å²) in [5.41, 5.74) is 2.69. The van der Waals surface area contributed by atoms with Gasteiger partial charge in [-0.1, -0.05) is 72.8 Å². The van der Waals surface area contributed by atoms with Crippen LogP contribution in [0.2, 0.25) is 0 Å². The van der Waals surface area contributed by atoms with Gasteiger partial charge in [0, 0.05) is 12.2 Å². The predicted octanol–water partition coefficient (Wildman–Crippen LogP) is 5.08. The van der Waals surface area contributed by atoms with Crippen LogP contribution in [0.5, 0.6) is 5.75 Å². The van der Waals surface area contributed by atoms with Crippen LogP contribution >= 0.6 is 11.3 Å². The average molecular weight is 615 g/mol. The quantitative estimate of drug-likeness (QED) is 0.230. The summed E-state index contributed by atoms with van der Waals surface area (Å²) in [7, 11) is 0. The van der Waals surface area contributed by atoms with Crippen molar-refractivity contribution in [2.75, 3.05) is 5.32 Å². The van der Waals surface area contributed by atoms with E-state index in [1.165, 1.54) is 22.0 Å². The van der Waals surface area contributed by atoms with E-state index in [1.54, 1.807) is 23.0 Å². The van der Waals surface area contributed by atoms with Crippen molar-refractivity contribution >= 4 is 44.3 Å². The van der Waals surface area contributed by atoms with Crippen LogP contribution in [0, 0.1) is 0 Å². The first-order valence-corrected chi connectivity index (χ1v) is 15.0. The fourth-order valence-electron chi connectivity index (χ4n) is 5.30. The first-order chi connectivity index (χ1) is 21.9. The van der Waals surface area contributed by atoms with Crippen LogP contribution in [0.3, 0.4) is 0 Å². The zero-order valence-corrected chi connectivity index (χ0v) is 24.6. The summed E-state index contributed by atoms with van der Waals surface area (Å²) in [5, 5.41) is 14.0. The molecular weight excluding hydrogens is 588 g/mol. The normalized spacial score (nSPS) is 11.3. The van der Waals surface area contributed by atoms with Gasteiger partial charge in [0.05, 0.1) is 28.7 Å². The second-order valence-corrected chi connectivity index (χ2v) is 11.6. The molecule has 45 heavy (non-hydrogen) atoms. The van der Waals surface area contributed by atoms with E-state index in [4.69, 9.17) is 0 Å². The van der Waals surface area contributed by atoms with E-state index in [9.17, 15) is 19.5 Å². The van der Waals surface area contributed by atoms with Crippen LogP contribution in [0.4, 0.5) is 5.69 Å². The molecule has 0 saturated carbocycles. The Bertz CT molecular complexity index is 2270. The topological polar surface area (TPSA) is 124 Å². The third-order valence-electron chi connectivity index (χ3n) is 7.47. The first kappa shape index (κ1) is 28.0. The highest BCUT2D eigenvalue weighted by atomic mass is 32.1. The van der Waals surface area contributed by atoms with Gasteiger partial charge in [-0.2, -0.15) is 0 Å². The number of carbonyl (C=O) groups is 1. The molecule has 3 aromatic heterocycles. The molecule has 2 N–H and O–H groups in total. The lowest BCUT2D eigenvalue weighted by molar-refractivity contribution is -0.116. The standard InChI is InChI=1S/C34H26N6O4S/c41-27-16-15-24(17-25(27)32-37-26-13-7-8-14-28(26)45-32)36-29(42)20-40-33(43)30-31(35-21-38(30)18-22-9-3-1-4-10-22)39(34(40)44)19-23-11-5-2-6-12-23/h1-17,21,41H,18-20H2,(H,36,42). The van der Waals surface area contributed by atoms with Crippen LogP contribution in [-0.4, -0.2) is 34.7 Å². The summed E-state index contributed by atoms with van der Waals surface area (Å²) in [6, 6.07) is 31.3. The largest absolute Gasteiger partial charge is 0.507 e. The van der Waals surface area contributed by atoms with Crippen molar-refractivity contribution in [3.63, 3.8) is 0 Å². The van der Waals surface area contributed by atoms with Gasteiger partial charge in [-0.15, -0.1) is 11.3 Å². The van der Waals surface area contributed by atoms with Gasteiger partial charge in [0.1, 0.15) is 17.3 Å². The maximum absolute atomic E-state index is 13.9. The van der Waals surface area contributed by atoms with E-state index in [1.807, 2.05) is 84.9 Å². The number of nitrogens with zero attached hydrogens (tertiary/aromatic N) is 5. The number of amides is 1. The number of imidazole rings is 1. The van der Waals surface area contributed by atoms with Crippen molar-refractivity contribution in [3.8, 4) is 16.3 Å². The van der Waals surface area contributed by atoms with E-state index >= 15 is 0 Å². The fourth-order valence-corrected chi connectivity index (χ4v) is 6.29. The lowest BCUT2D eigenvalue weighted by Crippen LogP contribution is -2.43. The number of hydrogen-bond acceptors (Lipinski definition) is 7. The molecule has 0 aliphatic carbocycles. The molecule has 0 bridgehead atoms. The number of aromatic nitrogens is 5. The maximum atomic E-state index is 13.9. The SMILES string of the molecule is O=C(Cn1c(=O)c2c(ncn2Cc2ccccc2)n(Cc2ccccc2)c1=O)Nc1ccc(O)c(-c2nc3ccccc3s2)c1. The number of para-hydroxylation sites is 1. The van der Waals surface area contributed by atoms with Gasteiger partial charge in [-0.3, -0.25) is 14.2 Å². The molecule has 7 rings (SSSR count). The van der Waals surface area contributed by atoms with E-state index < -0.39 is 23.7 Å². The Morgan fingerprint density at radius 1 is 0.822 bits per heavy atom. The van der Waals surface area contributed by atoms with E-state index in [0.717, 1.165) is 25.9 Å². The van der Waals surface area contributed by atoms with Crippen molar-refractivity contribution in [1.82, 2.24) is 23.7 Å². The number of phenols is 1. The number of anilines is 1. The molecule has 0 aliphatic rings. The second kappa shape index (κ2) is 11.7. The lowest BCUT2D eigenvalue weighted by Gasteiger charge is -2.13. The molecule has 4 aromatic carbocycles. The summed E-state index contributed by atoms with van der Waals surface area (Å²) < 4.78 is 5.03. The van der Waals surface area contributed by atoms with E-state index in [2.05, 4.69) is 15.3 Å². The minimum atomic E-state index is -0.641. The van der Waals surface area contributed by atoms with Crippen LogP contribution in [0.25, 0.3) is 32.0 Å². The van der Waals surface area contributed by atoms with Crippen molar-refractivity contribution < 1.29 is 9.90 Å². The number of rotatable bonds is 8. The highest BCUT2D eigenvalue weighted by molar-refractivity contribution is 7.21. The van der Waals surface area contributed by atoms with Crippen molar-refractivity contribution in [1.29, 1.82) is 0 Å². The Kier molecular flexibility index (Phi) is 7.28. The molecule has 0 unspecified atom stereocenters. The molecule has 222 valence electrons. The highest BCUT2D eigenvalue weighted by Crippen LogP contribution is 2.36. The molecular formula is C34H26N6O4S. The number of phenolic OH excluding ortho intramolecular Hbond substituents is 1. The van der Waals surface area contributed by atoms with Crippen LogP contribution in [0.1, 0.15) is 11.1 Å². The van der Waals surface area contributed by atoms with Crippen molar-refractivity contribution in [2.45, 2.75) is 19.6 Å². The summed E-state index contributed by atoms with van der Waals surface area (Å²) >= 11 is 1.42. The molecule has 0 spiro atoms. The van der Waals surface area contributed by atoms with E-state index in [-0.39, 0.29) is 23.5 Å². The third-order valence-corrected chi connectivity index (χ3v) is 8.54. The van der Waals surface area contributed by atoms with Gasteiger partial charge in [-0.25, -0.2) is 19.3 Å². The number of hydrogen-bond donors (Lipinski definition) is 2. The summed E-state index contributed by atoms with van der Waals surface area (Å²) in [5.74, 6) is -0.556. The summed E-state index contributed by atoms with van der Waals surface area (Å²) in [4.78, 5) is 50.1. The Balaban J connectivity index is 1.24. The predicted molar refractivity (Wildman–Crippen MR) is 175 cm³/mol. The molecule has 0 saturated heterocycles. The maximum Gasteiger partial charge on any atom is 0.333 e. The second-order valence-electron chi connectivity index (χ2n) is 10.5. The molecule has 7 aromatic rings. The van der Waals surface area contributed by atoms with Gasteiger partial charge in [0.2, 0.25) is 5.91 Å². The van der Waals surface area contributed by atoms with Crippen LogP contribution in [0.15, 0.2) is 119 Å². The zero-order valence-electron chi connectivity index (χ0n) is 23.8. The molecule has 10 nitrogen and oxygen atoms in total. The number of thiazole rings is 1. The minimum Gasteiger partial charge on any atom is -0.507 e. The van der Waals surface area contributed by atoms with Gasteiger partial charge in [-0.05, 0) is 41.5 Å². The molecule has 0 fully saturated rings. The van der Waals surface area contributed by atoms with Crippen molar-refractivity contribution in [3.05, 3.63) is 141 Å². The zero-order chi connectivity index (χ0) is 30.9. The van der Waals surface area contributed by atoms with Crippen LogP contribution in [-0.2, 0) is 24.4 Å². The number of fused-ring (bicyclic) bond motifs is 2. The molecule has 0 radical (unpaired) electrons. The van der Waals surface area contributed by atoms with Gasteiger partial charge < -0.3 is 15.0 Å². The molecule has 11 heteroatoms. The van der Waals surface area contributed by atoms with Crippen molar-refractivity contribution in [2.24, 2.45) is 0 Å². The molecule has 0 aliphatic heterocycles. The Morgan fingerprint density at radius 3 is 2.24 bits per heavy atom. The number of carbonyl (C=O) groups excluding carboxylic acids is 1. The van der Waals surface area contributed by atoms with Crippen LogP contribution < -0.4 is 16.6 Å². The molecule has 1 amide bonds. The summed E-state index contributed by atoms with van der Waals surface area (Å²) in [6.07, 6.45) is 1.55. The Morgan fingerprint density at radius 2 is 1.51 bits per heavy atom. The number of benzene rings is 4. The van der Waals surface area contributed by atoms with Gasteiger partial charge in [0.15, 0.2) is 11.2 Å². The van der Waals surface area contributed by atoms with Gasteiger partial charge in [0.25, 0.3) is 5.56 Å². The fraction of sp³-hybridized carbons (Fsp3) is 0.0882. The monoisotopic (exact) mass is 614 g/mol. The third kappa shape index (κ3) is 5.52. The lowest BCUT2D eigenvalue weighted by atomic mass is 10.2. The van der Waals surface area contributed by atoms with E-state index in [0.29, 0.717) is 22.8 Å². The Labute approximate surface area is 260 Å². The minimum absolute atomic E-state index is 0.0178. The smallest absolute Gasteiger partial charge is 0.333 e. The highest BCUT2D eigenvalue weighted by Gasteiger charge is 2.21. The number of nitrogens with one attached hydrogen (secondary N) is 1. The molecule has 0 atom stereocenters. The Hall–Kier alpha value is -5.81. The average Bonchev–Trinajstić information content (AvgIpc) is 3.68.